The third-order valence-corrected chi connectivity index (χ3v) is 9.43. The molecule has 4 atom stereocenters. The smallest absolute Gasteiger partial charge is 0.267 e. The second-order valence-corrected chi connectivity index (χ2v) is 12.6. The van der Waals surface area contributed by atoms with E-state index in [9.17, 15) is 23.5 Å². The topological polar surface area (TPSA) is 104 Å². The first-order chi connectivity index (χ1) is 19.0. The van der Waals surface area contributed by atoms with Crippen molar-refractivity contribution in [3.8, 4) is 5.75 Å². The first kappa shape index (κ1) is 27.2. The van der Waals surface area contributed by atoms with Crippen LogP contribution in [0, 0.1) is 5.92 Å². The van der Waals surface area contributed by atoms with Gasteiger partial charge in [-0.3, -0.25) is 9.59 Å². The minimum Gasteiger partial charge on any atom is -0.478 e. The number of aliphatic hydroxyl groups excluding tert-OH is 1. The van der Waals surface area contributed by atoms with E-state index in [2.05, 4.69) is 20.5 Å². The summed E-state index contributed by atoms with van der Waals surface area (Å²) in [6.07, 6.45) is 4.03. The van der Waals surface area contributed by atoms with Gasteiger partial charge in [0.05, 0.1) is 34.9 Å². The fourth-order valence-corrected chi connectivity index (χ4v) is 6.73. The van der Waals surface area contributed by atoms with Gasteiger partial charge >= 0.3 is 0 Å². The molecule has 1 aliphatic heterocycles. The number of rotatable bonds is 9. The molecule has 3 N–H and O–H groups in total. The van der Waals surface area contributed by atoms with Crippen LogP contribution in [0.4, 0.5) is 14.6 Å². The summed E-state index contributed by atoms with van der Waals surface area (Å²) >= 11 is 5.88. The van der Waals surface area contributed by atoms with E-state index < -0.39 is 17.6 Å². The number of nitrogens with zero attached hydrogens (tertiary/aromatic N) is 2. The maximum absolute atomic E-state index is 13.5. The number of hydrogen-bond donors (Lipinski definition) is 3. The first-order valence-electron chi connectivity index (χ1n) is 13.7. The molecule has 1 aromatic carbocycles. The highest BCUT2D eigenvalue weighted by Gasteiger charge is 2.73. The largest absolute Gasteiger partial charge is 0.478 e. The third kappa shape index (κ3) is 4.59. The third-order valence-electron chi connectivity index (χ3n) is 9.19. The van der Waals surface area contributed by atoms with Gasteiger partial charge in [-0.2, -0.15) is 0 Å². The lowest BCUT2D eigenvalue weighted by atomic mass is 9.63. The number of aliphatic hydroxyl groups is 1. The number of hydrogen-bond acceptors (Lipinski definition) is 6. The molecule has 3 aliphatic carbocycles. The maximum atomic E-state index is 13.5. The number of halogens is 3. The van der Waals surface area contributed by atoms with E-state index >= 15 is 0 Å². The molecule has 6 rings (SSSR count). The van der Waals surface area contributed by atoms with Gasteiger partial charge in [0.25, 0.3) is 18.2 Å². The Morgan fingerprint density at radius 2 is 2.00 bits per heavy atom. The summed E-state index contributed by atoms with van der Waals surface area (Å²) in [7, 11) is 0. The number of ether oxygens (including phenoxy) is 1. The van der Waals surface area contributed by atoms with Crippen LogP contribution < -0.4 is 20.3 Å². The molecule has 11 heteroatoms. The average molecular weight is 575 g/mol. The zero-order valence-electron chi connectivity index (χ0n) is 22.4. The number of pyridine rings is 1. The van der Waals surface area contributed by atoms with Crippen LogP contribution in [0.5, 0.6) is 5.75 Å². The molecule has 4 fully saturated rings. The molecular weight excluding hydrogens is 542 g/mol. The molecular formula is C29H33ClF2N4O4. The van der Waals surface area contributed by atoms with Gasteiger partial charge in [0.1, 0.15) is 11.6 Å². The van der Waals surface area contributed by atoms with Crippen molar-refractivity contribution in [1.82, 2.24) is 15.6 Å². The van der Waals surface area contributed by atoms with Gasteiger partial charge < -0.3 is 25.4 Å². The van der Waals surface area contributed by atoms with Gasteiger partial charge in [-0.25, -0.2) is 13.8 Å². The normalized spacial score (nSPS) is 27.7. The number of benzene rings is 1. The molecule has 8 nitrogen and oxygen atoms in total. The van der Waals surface area contributed by atoms with Crippen molar-refractivity contribution >= 4 is 29.2 Å². The Morgan fingerprint density at radius 3 is 2.60 bits per heavy atom. The number of aromatic nitrogens is 1. The molecule has 1 aromatic heterocycles. The number of carbonyl (C=O) groups excluding carboxylic acids is 2. The number of alkyl halides is 2. The quantitative estimate of drug-likeness (QED) is 0.384. The number of nitrogens with one attached hydrogen (secondary N) is 2. The van der Waals surface area contributed by atoms with Crippen molar-refractivity contribution in [1.29, 1.82) is 0 Å². The Morgan fingerprint density at radius 1 is 1.23 bits per heavy atom. The minimum atomic E-state index is -2.79. The Balaban J connectivity index is 1.10. The van der Waals surface area contributed by atoms with Crippen molar-refractivity contribution in [2.75, 3.05) is 11.5 Å². The summed E-state index contributed by atoms with van der Waals surface area (Å²) in [4.78, 5) is 32.7. The van der Waals surface area contributed by atoms with Crippen molar-refractivity contribution < 1.29 is 28.2 Å². The predicted octanol–water partition coefficient (Wildman–Crippen LogP) is 4.40. The second-order valence-electron chi connectivity index (χ2n) is 12.1. The maximum Gasteiger partial charge on any atom is 0.267 e. The summed E-state index contributed by atoms with van der Waals surface area (Å²) in [6.45, 7) is 3.07. The molecule has 4 aliphatic rings. The minimum absolute atomic E-state index is 0.0501. The van der Waals surface area contributed by atoms with E-state index in [0.29, 0.717) is 11.5 Å². The molecule has 0 bridgehead atoms. The van der Waals surface area contributed by atoms with E-state index in [-0.39, 0.29) is 52.4 Å². The molecule has 0 radical (unpaired) electrons. The van der Waals surface area contributed by atoms with Crippen LogP contribution >= 0.6 is 11.6 Å². The van der Waals surface area contributed by atoms with Gasteiger partial charge in [-0.1, -0.05) is 11.6 Å². The molecule has 214 valence electrons. The summed E-state index contributed by atoms with van der Waals surface area (Å²) in [5.41, 5.74) is -1.70. The van der Waals surface area contributed by atoms with Crippen molar-refractivity contribution in [2.45, 2.75) is 87.6 Å². The van der Waals surface area contributed by atoms with Crippen molar-refractivity contribution in [2.24, 2.45) is 5.92 Å². The fraction of sp³-hybridized carbons (Fsp3) is 0.552. The summed E-state index contributed by atoms with van der Waals surface area (Å²) in [5.74, 6) is 0.553. The van der Waals surface area contributed by atoms with Gasteiger partial charge in [-0.05, 0) is 88.6 Å². The molecule has 4 unspecified atom stereocenters. The Labute approximate surface area is 236 Å². The van der Waals surface area contributed by atoms with Crippen LogP contribution in [-0.4, -0.2) is 57.3 Å². The molecule has 40 heavy (non-hydrogen) atoms. The number of anilines is 1. The van der Waals surface area contributed by atoms with Crippen LogP contribution in [0.15, 0.2) is 36.5 Å². The molecule has 3 saturated carbocycles. The van der Waals surface area contributed by atoms with E-state index in [1.165, 1.54) is 12.1 Å². The van der Waals surface area contributed by atoms with E-state index in [1.54, 1.807) is 26.1 Å². The lowest BCUT2D eigenvalue weighted by molar-refractivity contribution is -0.135. The highest BCUT2D eigenvalue weighted by Crippen LogP contribution is 2.65. The van der Waals surface area contributed by atoms with Crippen LogP contribution in [0.3, 0.4) is 0 Å². The second kappa shape index (κ2) is 9.55. The Kier molecular flexibility index (Phi) is 6.49. The van der Waals surface area contributed by atoms with Crippen LogP contribution in [0.2, 0.25) is 5.02 Å². The predicted molar refractivity (Wildman–Crippen MR) is 145 cm³/mol. The molecule has 1 saturated heterocycles. The molecule has 2 heterocycles. The number of amides is 2. The van der Waals surface area contributed by atoms with Crippen molar-refractivity contribution in [3.05, 3.63) is 52.7 Å². The van der Waals surface area contributed by atoms with Gasteiger partial charge in [0, 0.05) is 17.3 Å². The molecule has 2 aromatic rings. The van der Waals surface area contributed by atoms with E-state index in [0.717, 1.165) is 50.4 Å². The van der Waals surface area contributed by atoms with E-state index in [1.807, 2.05) is 6.07 Å². The summed E-state index contributed by atoms with van der Waals surface area (Å²) in [6, 6.07) is 7.76. The average Bonchev–Trinajstić information content (AvgIpc) is 3.82. The van der Waals surface area contributed by atoms with E-state index in [4.69, 9.17) is 16.3 Å². The zero-order chi connectivity index (χ0) is 28.4. The monoisotopic (exact) mass is 574 g/mol. The number of carbonyl (C=O) groups is 2. The van der Waals surface area contributed by atoms with Gasteiger partial charge in [0.2, 0.25) is 0 Å². The lowest BCUT2D eigenvalue weighted by Gasteiger charge is -2.43. The summed E-state index contributed by atoms with van der Waals surface area (Å²) < 4.78 is 32.9. The van der Waals surface area contributed by atoms with Crippen LogP contribution in [0.25, 0.3) is 0 Å². The lowest BCUT2D eigenvalue weighted by Crippen LogP contribution is -2.54. The highest BCUT2D eigenvalue weighted by molar-refractivity contribution is 6.30. The standard InChI is InChI=1S/C29H33ClF2N4O4/c1-27(2,40-21-5-4-18(30)12-20(21)24(31)32)26(39)34-19-11-17-7-8-29(17)22(13-19)36(29)23-6-3-16(14-33-23)25(38)35-28(15-37)9-10-28/h3-6,12,14,17,19,22,24,37H,7-11,13,15H2,1-2H3,(H,34,39)(H,35,38). The van der Waals surface area contributed by atoms with Crippen LogP contribution in [-0.2, 0) is 4.79 Å². The molecule has 1 spiro atoms. The fourth-order valence-electron chi connectivity index (χ4n) is 6.55. The molecule has 2 amide bonds. The Hall–Kier alpha value is -2.98. The van der Waals surface area contributed by atoms with Gasteiger partial charge in [-0.15, -0.1) is 0 Å². The van der Waals surface area contributed by atoms with Gasteiger partial charge in [0.15, 0.2) is 5.60 Å². The summed E-state index contributed by atoms with van der Waals surface area (Å²) in [5, 5.41) is 15.7. The van der Waals surface area contributed by atoms with Crippen molar-refractivity contribution in [3.63, 3.8) is 0 Å². The highest BCUT2D eigenvalue weighted by atomic mass is 35.5. The zero-order valence-corrected chi connectivity index (χ0v) is 23.2. The Bertz CT molecular complexity index is 1340. The SMILES string of the molecule is CC(C)(Oc1ccc(Cl)cc1C(F)F)C(=O)NC1CC2CCC23C(C1)N3c1ccc(C(=O)NC2(CO)CC2)cn1. The van der Waals surface area contributed by atoms with Crippen LogP contribution in [0.1, 0.15) is 74.7 Å². The first-order valence-corrected chi connectivity index (χ1v) is 14.1.